The summed E-state index contributed by atoms with van der Waals surface area (Å²) in [4.78, 5) is 17.6. The van der Waals surface area contributed by atoms with Crippen molar-refractivity contribution in [1.82, 2.24) is 9.55 Å². The van der Waals surface area contributed by atoms with Crippen LogP contribution < -0.4 is 11.3 Å². The maximum atomic E-state index is 13.0. The first-order valence-electron chi connectivity index (χ1n) is 7.57. The molecule has 22 heavy (non-hydrogen) atoms. The second kappa shape index (κ2) is 5.91. The molecule has 0 radical (unpaired) electrons. The van der Waals surface area contributed by atoms with Crippen LogP contribution in [0.4, 0.5) is 0 Å². The van der Waals surface area contributed by atoms with E-state index in [0.717, 1.165) is 19.3 Å². The molecule has 3 rings (SSSR count). The SMILES string of the molecule is CCC(N)c1nc2cccc(C#CCO)c2c(=O)n1C1CC1. The Morgan fingerprint density at radius 2 is 2.27 bits per heavy atom. The molecule has 1 aromatic heterocycles. The van der Waals surface area contributed by atoms with Gasteiger partial charge in [0.2, 0.25) is 0 Å². The fraction of sp³-hybridized carbons (Fsp3) is 0.412. The fourth-order valence-electron chi connectivity index (χ4n) is 2.63. The summed E-state index contributed by atoms with van der Waals surface area (Å²) in [5, 5.41) is 9.40. The first kappa shape index (κ1) is 14.8. The van der Waals surface area contributed by atoms with E-state index in [9.17, 15) is 4.79 Å². The average Bonchev–Trinajstić information content (AvgIpc) is 3.36. The fourth-order valence-corrected chi connectivity index (χ4v) is 2.63. The third-order valence-corrected chi connectivity index (χ3v) is 3.94. The Kier molecular flexibility index (Phi) is 3.97. The zero-order valence-electron chi connectivity index (χ0n) is 12.5. The molecule has 1 saturated carbocycles. The molecule has 1 aliphatic carbocycles. The summed E-state index contributed by atoms with van der Waals surface area (Å²) in [5.74, 6) is 6.11. The zero-order valence-corrected chi connectivity index (χ0v) is 12.5. The summed E-state index contributed by atoms with van der Waals surface area (Å²) >= 11 is 0. The minimum Gasteiger partial charge on any atom is -0.384 e. The third kappa shape index (κ3) is 2.52. The van der Waals surface area contributed by atoms with E-state index < -0.39 is 0 Å². The number of hydrogen-bond acceptors (Lipinski definition) is 4. The van der Waals surface area contributed by atoms with Crippen molar-refractivity contribution in [1.29, 1.82) is 0 Å². The molecular formula is C17H19N3O2. The molecule has 0 spiro atoms. The standard InChI is InChI=1S/C17H19N3O2/c1-2-13(18)16-19-14-7-3-5-11(6-4-10-21)15(14)17(22)20(16)12-8-9-12/h3,5,7,12-13,21H,2,8-10,18H2,1H3. The Labute approximate surface area is 128 Å². The van der Waals surface area contributed by atoms with E-state index in [1.54, 1.807) is 10.6 Å². The molecule has 0 aliphatic heterocycles. The van der Waals surface area contributed by atoms with E-state index in [1.807, 2.05) is 19.1 Å². The predicted molar refractivity (Wildman–Crippen MR) is 85.5 cm³/mol. The molecular weight excluding hydrogens is 278 g/mol. The molecule has 1 fully saturated rings. The lowest BCUT2D eigenvalue weighted by molar-refractivity contribution is 0.350. The van der Waals surface area contributed by atoms with Crippen LogP contribution in [0, 0.1) is 11.8 Å². The maximum Gasteiger partial charge on any atom is 0.262 e. The highest BCUT2D eigenvalue weighted by atomic mass is 16.2. The summed E-state index contributed by atoms with van der Waals surface area (Å²) in [7, 11) is 0. The predicted octanol–water partition coefficient (Wildman–Crippen LogP) is 1.48. The Morgan fingerprint density at radius 3 is 2.91 bits per heavy atom. The zero-order chi connectivity index (χ0) is 15.7. The molecule has 114 valence electrons. The Balaban J connectivity index is 2.33. The van der Waals surface area contributed by atoms with Gasteiger partial charge in [-0.3, -0.25) is 9.36 Å². The van der Waals surface area contributed by atoms with Gasteiger partial charge in [-0.15, -0.1) is 0 Å². The normalized spacial score (nSPS) is 15.4. The van der Waals surface area contributed by atoms with Crippen molar-refractivity contribution >= 4 is 10.9 Å². The van der Waals surface area contributed by atoms with E-state index in [1.165, 1.54) is 0 Å². The van der Waals surface area contributed by atoms with Crippen molar-refractivity contribution in [3.63, 3.8) is 0 Å². The first-order chi connectivity index (χ1) is 10.7. The van der Waals surface area contributed by atoms with E-state index in [2.05, 4.69) is 16.8 Å². The van der Waals surface area contributed by atoms with Gasteiger partial charge in [0.05, 0.1) is 16.9 Å². The molecule has 0 bridgehead atoms. The van der Waals surface area contributed by atoms with Gasteiger partial charge in [0.25, 0.3) is 5.56 Å². The van der Waals surface area contributed by atoms with Gasteiger partial charge < -0.3 is 10.8 Å². The topological polar surface area (TPSA) is 81.1 Å². The Bertz CT molecular complexity index is 825. The number of aliphatic hydroxyl groups is 1. The second-order valence-electron chi connectivity index (χ2n) is 5.55. The summed E-state index contributed by atoms with van der Waals surface area (Å²) in [5.41, 5.74) is 7.30. The van der Waals surface area contributed by atoms with Crippen molar-refractivity contribution in [3.8, 4) is 11.8 Å². The van der Waals surface area contributed by atoms with E-state index in [-0.39, 0.29) is 24.2 Å². The van der Waals surface area contributed by atoms with Crippen LogP contribution in [-0.2, 0) is 0 Å². The summed E-state index contributed by atoms with van der Waals surface area (Å²) in [6, 6.07) is 5.37. The summed E-state index contributed by atoms with van der Waals surface area (Å²) in [6.07, 6.45) is 2.71. The van der Waals surface area contributed by atoms with Crippen LogP contribution in [0.1, 0.15) is 49.7 Å². The molecule has 0 saturated heterocycles. The highest BCUT2D eigenvalue weighted by molar-refractivity contribution is 5.84. The van der Waals surface area contributed by atoms with Gasteiger partial charge in [-0.2, -0.15) is 0 Å². The molecule has 0 amide bonds. The summed E-state index contributed by atoms with van der Waals surface area (Å²) < 4.78 is 1.75. The minimum absolute atomic E-state index is 0.0748. The maximum absolute atomic E-state index is 13.0. The quantitative estimate of drug-likeness (QED) is 0.841. The largest absolute Gasteiger partial charge is 0.384 e. The van der Waals surface area contributed by atoms with Gasteiger partial charge in [-0.1, -0.05) is 24.8 Å². The smallest absolute Gasteiger partial charge is 0.262 e. The van der Waals surface area contributed by atoms with Crippen LogP contribution in [-0.4, -0.2) is 21.3 Å². The molecule has 1 aromatic carbocycles. The number of benzene rings is 1. The lowest BCUT2D eigenvalue weighted by Crippen LogP contribution is -2.29. The lowest BCUT2D eigenvalue weighted by atomic mass is 10.1. The van der Waals surface area contributed by atoms with Crippen LogP contribution in [0.2, 0.25) is 0 Å². The highest BCUT2D eigenvalue weighted by Gasteiger charge is 2.30. The van der Waals surface area contributed by atoms with Crippen molar-refractivity contribution in [2.24, 2.45) is 5.73 Å². The highest BCUT2D eigenvalue weighted by Crippen LogP contribution is 2.36. The number of rotatable bonds is 3. The Morgan fingerprint density at radius 1 is 1.50 bits per heavy atom. The molecule has 5 nitrogen and oxygen atoms in total. The van der Waals surface area contributed by atoms with Crippen LogP contribution in [0.3, 0.4) is 0 Å². The number of nitrogens with two attached hydrogens (primary N) is 1. The second-order valence-corrected chi connectivity index (χ2v) is 5.55. The van der Waals surface area contributed by atoms with E-state index >= 15 is 0 Å². The van der Waals surface area contributed by atoms with Crippen LogP contribution in [0.25, 0.3) is 10.9 Å². The van der Waals surface area contributed by atoms with E-state index in [0.29, 0.717) is 22.3 Å². The minimum atomic E-state index is -0.245. The number of fused-ring (bicyclic) bond motifs is 1. The lowest BCUT2D eigenvalue weighted by Gasteiger charge is -2.17. The van der Waals surface area contributed by atoms with Crippen molar-refractivity contribution < 1.29 is 5.11 Å². The van der Waals surface area contributed by atoms with Gasteiger partial charge in [0, 0.05) is 11.6 Å². The first-order valence-corrected chi connectivity index (χ1v) is 7.57. The van der Waals surface area contributed by atoms with Gasteiger partial charge in [0.1, 0.15) is 12.4 Å². The monoisotopic (exact) mass is 297 g/mol. The molecule has 1 unspecified atom stereocenters. The van der Waals surface area contributed by atoms with Crippen LogP contribution in [0.15, 0.2) is 23.0 Å². The van der Waals surface area contributed by atoms with Gasteiger partial charge >= 0.3 is 0 Å². The molecule has 1 atom stereocenters. The number of hydrogen-bond donors (Lipinski definition) is 2. The van der Waals surface area contributed by atoms with Crippen molar-refractivity contribution in [2.75, 3.05) is 6.61 Å². The van der Waals surface area contributed by atoms with Crippen molar-refractivity contribution in [2.45, 2.75) is 38.3 Å². The van der Waals surface area contributed by atoms with Crippen molar-refractivity contribution in [3.05, 3.63) is 39.9 Å². The van der Waals surface area contributed by atoms with Crippen LogP contribution >= 0.6 is 0 Å². The van der Waals surface area contributed by atoms with Gasteiger partial charge in [0.15, 0.2) is 0 Å². The summed E-state index contributed by atoms with van der Waals surface area (Å²) in [6.45, 7) is 1.75. The number of nitrogens with zero attached hydrogens (tertiary/aromatic N) is 2. The van der Waals surface area contributed by atoms with Gasteiger partial charge in [-0.25, -0.2) is 4.98 Å². The molecule has 1 heterocycles. The third-order valence-electron chi connectivity index (χ3n) is 3.94. The van der Waals surface area contributed by atoms with Gasteiger partial charge in [-0.05, 0) is 31.4 Å². The Hall–Kier alpha value is -2.16. The molecule has 5 heteroatoms. The molecule has 3 N–H and O–H groups in total. The van der Waals surface area contributed by atoms with E-state index in [4.69, 9.17) is 10.8 Å². The molecule has 1 aliphatic rings. The number of aromatic nitrogens is 2. The number of aliphatic hydroxyl groups excluding tert-OH is 1. The average molecular weight is 297 g/mol. The molecule has 2 aromatic rings. The van der Waals surface area contributed by atoms with Crippen LogP contribution in [0.5, 0.6) is 0 Å².